The quantitative estimate of drug-likeness (QED) is 0.455. The van der Waals surface area contributed by atoms with E-state index in [0.717, 1.165) is 11.4 Å². The molecule has 2 heterocycles. The Morgan fingerprint density at radius 3 is 2.61 bits per heavy atom. The van der Waals surface area contributed by atoms with E-state index < -0.39 is 0 Å². The maximum Gasteiger partial charge on any atom is 0.234 e. The van der Waals surface area contributed by atoms with E-state index in [1.165, 1.54) is 30.0 Å². The van der Waals surface area contributed by atoms with Crippen LogP contribution in [0.15, 0.2) is 53.7 Å². The van der Waals surface area contributed by atoms with Crippen LogP contribution >= 0.6 is 23.5 Å². The van der Waals surface area contributed by atoms with E-state index in [1.54, 1.807) is 47.0 Å². The maximum absolute atomic E-state index is 14.3. The zero-order valence-electron chi connectivity index (χ0n) is 18.6. The molecule has 2 aromatic carbocycles. The van der Waals surface area contributed by atoms with E-state index in [9.17, 15) is 13.6 Å². The molecule has 6 nitrogen and oxygen atoms in total. The van der Waals surface area contributed by atoms with Crippen molar-refractivity contribution >= 4 is 29.4 Å². The zero-order chi connectivity index (χ0) is 23.5. The summed E-state index contributed by atoms with van der Waals surface area (Å²) in [6, 6.07) is 12.6. The van der Waals surface area contributed by atoms with Gasteiger partial charge in [0.1, 0.15) is 17.0 Å². The molecule has 0 bridgehead atoms. The standard InChI is InChI=1S/C23H25F2N5OS2/c1-15(28(2)3)21-26-27-23(30(21)17-10-8-16(24)9-11-17)33-14-20(31)29-12-13-32-22(29)18-6-4-5-7-19(18)25/h4-11,15,22H,12-14H2,1-3H3/t15-,22-/m1/s1. The van der Waals surface area contributed by atoms with Gasteiger partial charge in [0.2, 0.25) is 5.91 Å². The van der Waals surface area contributed by atoms with Crippen molar-refractivity contribution in [2.75, 3.05) is 32.1 Å². The van der Waals surface area contributed by atoms with Gasteiger partial charge in [-0.1, -0.05) is 30.0 Å². The number of hydrogen-bond donors (Lipinski definition) is 0. The first kappa shape index (κ1) is 23.7. The topological polar surface area (TPSA) is 54.3 Å². The van der Waals surface area contributed by atoms with Gasteiger partial charge in [-0.05, 0) is 51.4 Å². The van der Waals surface area contributed by atoms with Crippen LogP contribution in [0.3, 0.4) is 0 Å². The summed E-state index contributed by atoms with van der Waals surface area (Å²) in [5.41, 5.74) is 1.25. The Morgan fingerprint density at radius 2 is 1.91 bits per heavy atom. The molecule has 0 radical (unpaired) electrons. The van der Waals surface area contributed by atoms with Crippen molar-refractivity contribution in [1.29, 1.82) is 0 Å². The number of rotatable bonds is 7. The number of hydrogen-bond acceptors (Lipinski definition) is 6. The highest BCUT2D eigenvalue weighted by Gasteiger charge is 2.32. The molecule has 0 spiro atoms. The Labute approximate surface area is 200 Å². The van der Waals surface area contributed by atoms with Crippen LogP contribution < -0.4 is 0 Å². The molecule has 0 aliphatic carbocycles. The molecule has 1 aliphatic heterocycles. The Balaban J connectivity index is 1.56. The van der Waals surface area contributed by atoms with Crippen molar-refractivity contribution in [2.45, 2.75) is 23.5 Å². The third-order valence-electron chi connectivity index (χ3n) is 5.60. The van der Waals surface area contributed by atoms with Gasteiger partial charge in [-0.3, -0.25) is 14.3 Å². The second kappa shape index (κ2) is 10.2. The number of amides is 1. The van der Waals surface area contributed by atoms with Crippen LogP contribution in [0.25, 0.3) is 5.69 Å². The molecule has 0 saturated carbocycles. The lowest BCUT2D eigenvalue weighted by molar-refractivity contribution is -0.128. The average molecular weight is 490 g/mol. The van der Waals surface area contributed by atoms with Gasteiger partial charge < -0.3 is 4.90 Å². The van der Waals surface area contributed by atoms with Crippen LogP contribution in [0.4, 0.5) is 8.78 Å². The minimum Gasteiger partial charge on any atom is -0.325 e. The monoisotopic (exact) mass is 489 g/mol. The molecule has 3 aromatic rings. The average Bonchev–Trinajstić information content (AvgIpc) is 3.45. The predicted molar refractivity (Wildman–Crippen MR) is 127 cm³/mol. The summed E-state index contributed by atoms with van der Waals surface area (Å²) >= 11 is 2.84. The predicted octanol–water partition coefficient (Wildman–Crippen LogP) is 4.53. The van der Waals surface area contributed by atoms with Gasteiger partial charge in [0.15, 0.2) is 11.0 Å². The first-order chi connectivity index (χ1) is 15.9. The van der Waals surface area contributed by atoms with Crippen LogP contribution in [-0.2, 0) is 4.79 Å². The number of thioether (sulfide) groups is 2. The SMILES string of the molecule is C[C@H](c1nnc(SCC(=O)N2CCS[C@@H]2c2ccccc2F)n1-c1ccc(F)cc1)N(C)C. The van der Waals surface area contributed by atoms with E-state index >= 15 is 0 Å². The smallest absolute Gasteiger partial charge is 0.234 e. The van der Waals surface area contributed by atoms with Crippen LogP contribution in [-0.4, -0.2) is 62.6 Å². The van der Waals surface area contributed by atoms with Crippen LogP contribution in [0.2, 0.25) is 0 Å². The largest absolute Gasteiger partial charge is 0.325 e. The number of carbonyl (C=O) groups is 1. The third-order valence-corrected chi connectivity index (χ3v) is 7.75. The van der Waals surface area contributed by atoms with Crippen molar-refractivity contribution in [3.8, 4) is 5.69 Å². The second-order valence-electron chi connectivity index (χ2n) is 7.91. The summed E-state index contributed by atoms with van der Waals surface area (Å²) in [5.74, 6) is 0.869. The molecule has 0 unspecified atom stereocenters. The summed E-state index contributed by atoms with van der Waals surface area (Å²) in [4.78, 5) is 16.8. The highest BCUT2D eigenvalue weighted by atomic mass is 32.2. The highest BCUT2D eigenvalue weighted by molar-refractivity contribution is 8.00. The van der Waals surface area contributed by atoms with Gasteiger partial charge in [0, 0.05) is 23.5 Å². The minimum absolute atomic E-state index is 0.0481. The first-order valence-electron chi connectivity index (χ1n) is 10.5. The summed E-state index contributed by atoms with van der Waals surface area (Å²) < 4.78 is 29.7. The van der Waals surface area contributed by atoms with Crippen molar-refractivity contribution in [1.82, 2.24) is 24.6 Å². The van der Waals surface area contributed by atoms with E-state index in [4.69, 9.17) is 0 Å². The molecule has 1 amide bonds. The van der Waals surface area contributed by atoms with E-state index in [-0.39, 0.29) is 34.7 Å². The molecular formula is C23H25F2N5OS2. The first-order valence-corrected chi connectivity index (χ1v) is 12.6. The highest BCUT2D eigenvalue weighted by Crippen LogP contribution is 2.39. The van der Waals surface area contributed by atoms with Crippen LogP contribution in [0, 0.1) is 11.6 Å². The van der Waals surface area contributed by atoms with Gasteiger partial charge in [-0.2, -0.15) is 0 Å². The van der Waals surface area contributed by atoms with Crippen LogP contribution in [0.1, 0.15) is 29.7 Å². The normalized spacial score (nSPS) is 17.0. The lowest BCUT2D eigenvalue weighted by Gasteiger charge is -2.24. The Morgan fingerprint density at radius 1 is 1.18 bits per heavy atom. The van der Waals surface area contributed by atoms with Crippen molar-refractivity contribution in [3.63, 3.8) is 0 Å². The molecule has 1 saturated heterocycles. The summed E-state index contributed by atoms with van der Waals surface area (Å²) in [7, 11) is 3.89. The van der Waals surface area contributed by atoms with Gasteiger partial charge >= 0.3 is 0 Å². The molecule has 33 heavy (non-hydrogen) atoms. The molecule has 10 heteroatoms. The van der Waals surface area contributed by atoms with E-state index in [0.29, 0.717) is 23.1 Å². The summed E-state index contributed by atoms with van der Waals surface area (Å²) in [6.45, 7) is 2.57. The van der Waals surface area contributed by atoms with Gasteiger partial charge in [-0.15, -0.1) is 22.0 Å². The lowest BCUT2D eigenvalue weighted by atomic mass is 10.2. The van der Waals surface area contributed by atoms with Crippen molar-refractivity contribution in [2.24, 2.45) is 0 Å². The lowest BCUT2D eigenvalue weighted by Crippen LogP contribution is -2.32. The molecule has 174 valence electrons. The Kier molecular flexibility index (Phi) is 7.35. The molecule has 0 N–H and O–H groups in total. The fourth-order valence-electron chi connectivity index (χ4n) is 3.58. The molecule has 1 aromatic heterocycles. The van der Waals surface area contributed by atoms with Crippen molar-refractivity contribution in [3.05, 3.63) is 71.6 Å². The fraction of sp³-hybridized carbons (Fsp3) is 0.348. The Hall–Kier alpha value is -2.43. The molecule has 1 fully saturated rings. The minimum atomic E-state index is -0.335. The van der Waals surface area contributed by atoms with Gasteiger partial charge in [0.05, 0.1) is 11.8 Å². The van der Waals surface area contributed by atoms with Crippen molar-refractivity contribution < 1.29 is 13.6 Å². The number of benzene rings is 2. The van der Waals surface area contributed by atoms with E-state index in [1.807, 2.05) is 30.5 Å². The number of aromatic nitrogens is 3. The summed E-state index contributed by atoms with van der Waals surface area (Å²) in [6.07, 6.45) is 0. The molecule has 2 atom stereocenters. The Bertz CT molecular complexity index is 1120. The van der Waals surface area contributed by atoms with Gasteiger partial charge in [-0.25, -0.2) is 8.78 Å². The second-order valence-corrected chi connectivity index (χ2v) is 10.0. The number of halogens is 2. The van der Waals surface area contributed by atoms with E-state index in [2.05, 4.69) is 10.2 Å². The maximum atomic E-state index is 14.3. The summed E-state index contributed by atoms with van der Waals surface area (Å²) in [5, 5.41) is 8.91. The molecule has 1 aliphatic rings. The van der Waals surface area contributed by atoms with Gasteiger partial charge in [0.25, 0.3) is 0 Å². The molecule has 4 rings (SSSR count). The fourth-order valence-corrected chi connectivity index (χ4v) is 5.72. The van der Waals surface area contributed by atoms with Crippen LogP contribution in [0.5, 0.6) is 0 Å². The number of carbonyl (C=O) groups excluding carboxylic acids is 1. The third kappa shape index (κ3) is 5.07. The zero-order valence-corrected chi connectivity index (χ0v) is 20.2. The molecular weight excluding hydrogens is 464 g/mol. The number of nitrogens with zero attached hydrogens (tertiary/aromatic N) is 5.